The van der Waals surface area contributed by atoms with Gasteiger partial charge in [-0.05, 0) is 43.4 Å². The lowest BCUT2D eigenvalue weighted by Gasteiger charge is -2.37. The van der Waals surface area contributed by atoms with E-state index in [0.29, 0.717) is 25.9 Å². The fourth-order valence-corrected chi connectivity index (χ4v) is 4.37. The van der Waals surface area contributed by atoms with Crippen molar-refractivity contribution >= 4 is 5.91 Å². The normalized spacial score (nSPS) is 19.2. The van der Waals surface area contributed by atoms with Gasteiger partial charge in [0.15, 0.2) is 0 Å². The average Bonchev–Trinajstić information content (AvgIpc) is 2.76. The molecule has 2 aliphatic rings. The molecular formula is C24H28F2N2O2. The molecule has 2 saturated heterocycles. The van der Waals surface area contributed by atoms with Crippen LogP contribution in [0.5, 0.6) is 0 Å². The molecule has 1 amide bonds. The van der Waals surface area contributed by atoms with Gasteiger partial charge in [0.2, 0.25) is 0 Å². The highest BCUT2D eigenvalue weighted by molar-refractivity contribution is 5.94. The van der Waals surface area contributed by atoms with Crippen molar-refractivity contribution < 1.29 is 18.3 Å². The van der Waals surface area contributed by atoms with Crippen molar-refractivity contribution in [3.63, 3.8) is 0 Å². The van der Waals surface area contributed by atoms with E-state index in [1.165, 1.54) is 16.5 Å². The van der Waals surface area contributed by atoms with Crippen molar-refractivity contribution in [1.29, 1.82) is 0 Å². The molecule has 6 heteroatoms. The van der Waals surface area contributed by atoms with Gasteiger partial charge in [0, 0.05) is 32.7 Å². The van der Waals surface area contributed by atoms with Gasteiger partial charge in [-0.25, -0.2) is 8.78 Å². The molecule has 160 valence electrons. The van der Waals surface area contributed by atoms with Crippen LogP contribution in [-0.2, 0) is 11.3 Å². The maximum absolute atomic E-state index is 13.9. The summed E-state index contributed by atoms with van der Waals surface area (Å²) in [7, 11) is 0. The van der Waals surface area contributed by atoms with Crippen LogP contribution in [0.1, 0.15) is 41.6 Å². The first kappa shape index (κ1) is 20.9. The number of ether oxygens (including phenoxy) is 1. The van der Waals surface area contributed by atoms with Crippen LogP contribution in [0.3, 0.4) is 0 Å². The van der Waals surface area contributed by atoms with Crippen LogP contribution >= 0.6 is 0 Å². The second-order valence-corrected chi connectivity index (χ2v) is 8.19. The highest BCUT2D eigenvalue weighted by Crippen LogP contribution is 2.24. The maximum atomic E-state index is 13.9. The Hall–Kier alpha value is -2.31. The van der Waals surface area contributed by atoms with Crippen molar-refractivity contribution in [3.8, 4) is 0 Å². The summed E-state index contributed by atoms with van der Waals surface area (Å²) in [5, 5.41) is 0. The molecule has 2 fully saturated rings. The fourth-order valence-electron chi connectivity index (χ4n) is 4.37. The Balaban J connectivity index is 1.21. The first-order valence-electron chi connectivity index (χ1n) is 10.7. The Kier molecular flexibility index (Phi) is 6.75. The minimum absolute atomic E-state index is 0.102. The smallest absolute Gasteiger partial charge is 0.259 e. The van der Waals surface area contributed by atoms with Crippen molar-refractivity contribution in [3.05, 3.63) is 71.3 Å². The molecule has 2 heterocycles. The summed E-state index contributed by atoms with van der Waals surface area (Å²) < 4.78 is 34.1. The van der Waals surface area contributed by atoms with E-state index in [1.807, 2.05) is 6.07 Å². The van der Waals surface area contributed by atoms with E-state index in [2.05, 4.69) is 29.2 Å². The summed E-state index contributed by atoms with van der Waals surface area (Å²) in [6.45, 7) is 3.93. The minimum atomic E-state index is -0.805. The molecule has 0 radical (unpaired) electrons. The highest BCUT2D eigenvalue weighted by atomic mass is 19.1. The van der Waals surface area contributed by atoms with Gasteiger partial charge >= 0.3 is 0 Å². The third-order valence-electron chi connectivity index (χ3n) is 6.07. The van der Waals surface area contributed by atoms with Gasteiger partial charge in [0.25, 0.3) is 5.91 Å². The van der Waals surface area contributed by atoms with E-state index in [9.17, 15) is 13.6 Å². The van der Waals surface area contributed by atoms with Gasteiger partial charge in [0.05, 0.1) is 12.2 Å². The number of rotatable bonds is 5. The van der Waals surface area contributed by atoms with E-state index in [1.54, 1.807) is 0 Å². The molecule has 2 aliphatic heterocycles. The van der Waals surface area contributed by atoms with Crippen LogP contribution in [-0.4, -0.2) is 54.1 Å². The number of hydrogen-bond acceptors (Lipinski definition) is 3. The third-order valence-corrected chi connectivity index (χ3v) is 6.07. The third kappa shape index (κ3) is 5.05. The fraction of sp³-hybridized carbons (Fsp3) is 0.458. The Morgan fingerprint density at radius 1 is 0.833 bits per heavy atom. The first-order chi connectivity index (χ1) is 14.6. The summed E-state index contributed by atoms with van der Waals surface area (Å²) >= 11 is 0. The van der Waals surface area contributed by atoms with Gasteiger partial charge in [-0.2, -0.15) is 0 Å². The molecule has 0 aliphatic carbocycles. The zero-order chi connectivity index (χ0) is 20.9. The molecule has 30 heavy (non-hydrogen) atoms. The molecular weight excluding hydrogens is 386 g/mol. The number of likely N-dealkylation sites (tertiary alicyclic amines) is 2. The maximum Gasteiger partial charge on any atom is 0.259 e. The largest absolute Gasteiger partial charge is 0.375 e. The second kappa shape index (κ2) is 9.67. The molecule has 0 unspecified atom stereocenters. The van der Waals surface area contributed by atoms with Gasteiger partial charge in [-0.15, -0.1) is 0 Å². The monoisotopic (exact) mass is 414 g/mol. The van der Waals surface area contributed by atoms with Crippen LogP contribution < -0.4 is 0 Å². The van der Waals surface area contributed by atoms with Crippen LogP contribution in [0.2, 0.25) is 0 Å². The van der Waals surface area contributed by atoms with Gasteiger partial charge < -0.3 is 9.64 Å². The van der Waals surface area contributed by atoms with E-state index < -0.39 is 23.1 Å². The Bertz CT molecular complexity index is 825. The predicted molar refractivity (Wildman–Crippen MR) is 111 cm³/mol. The SMILES string of the molecule is O=C(c1c(F)cccc1F)N1CCC(OC2CCN(Cc3ccccc3)CC2)CC1. The molecule has 2 aromatic rings. The molecule has 2 aromatic carbocycles. The van der Waals surface area contributed by atoms with Crippen LogP contribution in [0.4, 0.5) is 8.78 Å². The zero-order valence-electron chi connectivity index (χ0n) is 17.1. The molecule has 0 aromatic heterocycles. The van der Waals surface area contributed by atoms with Gasteiger partial charge in [-0.3, -0.25) is 9.69 Å². The number of nitrogens with zero attached hydrogens (tertiary/aromatic N) is 2. The predicted octanol–water partition coefficient (Wildman–Crippen LogP) is 4.25. The molecule has 0 saturated carbocycles. The summed E-state index contributed by atoms with van der Waals surface area (Å²) in [4.78, 5) is 16.5. The molecule has 0 atom stereocenters. The van der Waals surface area contributed by atoms with E-state index >= 15 is 0 Å². The molecule has 4 rings (SSSR count). The summed E-state index contributed by atoms with van der Waals surface area (Å²) in [5.74, 6) is -2.18. The number of halogens is 2. The molecule has 0 N–H and O–H groups in total. The number of benzene rings is 2. The summed E-state index contributed by atoms with van der Waals surface area (Å²) in [5.41, 5.74) is 0.878. The number of amides is 1. The van der Waals surface area contributed by atoms with Crippen LogP contribution in [0, 0.1) is 11.6 Å². The Morgan fingerprint density at radius 2 is 1.40 bits per heavy atom. The lowest BCUT2D eigenvalue weighted by molar-refractivity contribution is -0.0629. The summed E-state index contributed by atoms with van der Waals surface area (Å²) in [6, 6.07) is 14.0. The summed E-state index contributed by atoms with van der Waals surface area (Å²) in [6.07, 6.45) is 3.76. The zero-order valence-corrected chi connectivity index (χ0v) is 17.1. The topological polar surface area (TPSA) is 32.8 Å². The van der Waals surface area contributed by atoms with Gasteiger partial charge in [0.1, 0.15) is 17.2 Å². The van der Waals surface area contributed by atoms with Gasteiger partial charge in [-0.1, -0.05) is 36.4 Å². The number of hydrogen-bond donors (Lipinski definition) is 0. The number of carbonyl (C=O) groups excluding carboxylic acids is 1. The average molecular weight is 414 g/mol. The molecule has 4 nitrogen and oxygen atoms in total. The van der Waals surface area contributed by atoms with Crippen molar-refractivity contribution in [2.75, 3.05) is 26.2 Å². The highest BCUT2D eigenvalue weighted by Gasteiger charge is 2.30. The quantitative estimate of drug-likeness (QED) is 0.733. The minimum Gasteiger partial charge on any atom is -0.375 e. The standard InChI is InChI=1S/C24H28F2N2O2/c25-21-7-4-8-22(26)23(21)24(29)28-15-11-20(12-16-28)30-19-9-13-27(14-10-19)17-18-5-2-1-3-6-18/h1-8,19-20H,9-17H2. The van der Waals surface area contributed by atoms with Crippen LogP contribution in [0.25, 0.3) is 0 Å². The number of piperidine rings is 2. The lowest BCUT2D eigenvalue weighted by atomic mass is 10.0. The second-order valence-electron chi connectivity index (χ2n) is 8.19. The molecule has 0 bridgehead atoms. The van der Waals surface area contributed by atoms with Crippen LogP contribution in [0.15, 0.2) is 48.5 Å². The van der Waals surface area contributed by atoms with E-state index in [0.717, 1.165) is 44.6 Å². The van der Waals surface area contributed by atoms with Crippen molar-refractivity contribution in [2.45, 2.75) is 44.4 Å². The first-order valence-corrected chi connectivity index (χ1v) is 10.7. The molecule has 0 spiro atoms. The van der Waals surface area contributed by atoms with E-state index in [4.69, 9.17) is 4.74 Å². The Morgan fingerprint density at radius 3 is 2.00 bits per heavy atom. The Labute approximate surface area is 176 Å². The van der Waals surface area contributed by atoms with Crippen molar-refractivity contribution in [1.82, 2.24) is 9.80 Å². The van der Waals surface area contributed by atoms with E-state index in [-0.39, 0.29) is 12.2 Å². The van der Waals surface area contributed by atoms with Crippen molar-refractivity contribution in [2.24, 2.45) is 0 Å². The lowest BCUT2D eigenvalue weighted by Crippen LogP contribution is -2.44. The number of carbonyl (C=O) groups is 1.